The molecule has 0 aromatic rings. The summed E-state index contributed by atoms with van der Waals surface area (Å²) in [6.45, 7) is 15.1. The van der Waals surface area contributed by atoms with Gasteiger partial charge >= 0.3 is 0 Å². The Hall–Kier alpha value is -1.19. The van der Waals surface area contributed by atoms with Gasteiger partial charge in [0.1, 0.15) is 24.4 Å². The molecule has 0 spiro atoms. The molecule has 0 radical (unpaired) electrons. The van der Waals surface area contributed by atoms with Crippen LogP contribution in [0, 0.1) is 22.2 Å². The monoisotopic (exact) mass is 725 g/mol. The van der Waals surface area contributed by atoms with E-state index >= 15 is 0 Å². The first-order valence-corrected chi connectivity index (χ1v) is 19.2. The summed E-state index contributed by atoms with van der Waals surface area (Å²) in [5.41, 5.74) is -0.266. The molecule has 12 nitrogen and oxygen atoms in total. The van der Waals surface area contributed by atoms with Gasteiger partial charge in [-0.05, 0) is 109 Å². The number of aliphatic hydroxyl groups is 6. The molecule has 294 valence electrons. The first-order valence-electron chi connectivity index (χ1n) is 19.2. The Labute approximate surface area is 304 Å². The van der Waals surface area contributed by atoms with Gasteiger partial charge in [-0.3, -0.25) is 4.79 Å². The second kappa shape index (κ2) is 14.8. The van der Waals surface area contributed by atoms with Gasteiger partial charge in [-0.2, -0.15) is 0 Å². The highest BCUT2D eigenvalue weighted by Crippen LogP contribution is 2.66. The lowest BCUT2D eigenvalue weighted by Crippen LogP contribution is -2.67. The summed E-state index contributed by atoms with van der Waals surface area (Å²) in [6, 6.07) is -1.01. The molecular weight excluding hydrogens is 658 g/mol. The summed E-state index contributed by atoms with van der Waals surface area (Å²) in [4.78, 5) is 12.1. The Balaban J connectivity index is 1.33. The van der Waals surface area contributed by atoms with E-state index < -0.39 is 83.7 Å². The average Bonchev–Trinajstić information content (AvgIpc) is 3.38. The van der Waals surface area contributed by atoms with Crippen molar-refractivity contribution in [1.29, 1.82) is 0 Å². The van der Waals surface area contributed by atoms with Gasteiger partial charge in [-0.15, -0.1) is 0 Å². The number of nitrogens with one attached hydrogen (secondary N) is 1. The molecule has 51 heavy (non-hydrogen) atoms. The third-order valence-electron chi connectivity index (χ3n) is 13.8. The van der Waals surface area contributed by atoms with Crippen LogP contribution in [-0.2, 0) is 23.7 Å². The Morgan fingerprint density at radius 2 is 1.71 bits per heavy atom. The van der Waals surface area contributed by atoms with Crippen molar-refractivity contribution in [2.75, 3.05) is 13.7 Å². The Morgan fingerprint density at radius 3 is 2.33 bits per heavy atom. The SMILES string of the molecule is COCC1OC(OC(C)(C)C2CCC3(C)C(O2)C(O)CC2(C)/C(=C4\CCC(O)C(C)(CCC(O)C(C)(C)O)C4)CCC23)C(NC(C)=O)C(O)C1O. The second-order valence-electron chi connectivity index (χ2n) is 18.5. The van der Waals surface area contributed by atoms with Crippen molar-refractivity contribution >= 4 is 5.91 Å². The maximum Gasteiger partial charge on any atom is 0.217 e. The molecule has 0 aromatic heterocycles. The van der Waals surface area contributed by atoms with Gasteiger partial charge in [-0.25, -0.2) is 0 Å². The summed E-state index contributed by atoms with van der Waals surface area (Å²) >= 11 is 0. The number of fused-ring (bicyclic) bond motifs is 3. The van der Waals surface area contributed by atoms with Crippen LogP contribution in [0.3, 0.4) is 0 Å². The van der Waals surface area contributed by atoms with Crippen molar-refractivity contribution in [3.8, 4) is 0 Å². The Bertz CT molecular complexity index is 1280. The van der Waals surface area contributed by atoms with E-state index in [-0.39, 0.29) is 17.4 Å². The van der Waals surface area contributed by atoms with Crippen LogP contribution in [0.25, 0.3) is 0 Å². The topological polar surface area (TPSA) is 187 Å². The Morgan fingerprint density at radius 1 is 1.02 bits per heavy atom. The quantitative estimate of drug-likeness (QED) is 0.164. The lowest BCUT2D eigenvalue weighted by atomic mass is 9.51. The first-order chi connectivity index (χ1) is 23.6. The maximum atomic E-state index is 12.1. The zero-order valence-electron chi connectivity index (χ0n) is 32.4. The zero-order valence-corrected chi connectivity index (χ0v) is 32.4. The predicted octanol–water partition coefficient (Wildman–Crippen LogP) is 2.87. The van der Waals surface area contributed by atoms with Crippen LogP contribution in [0.4, 0.5) is 0 Å². The molecule has 2 saturated heterocycles. The molecule has 12 heteroatoms. The highest BCUT2D eigenvalue weighted by molar-refractivity contribution is 5.73. The van der Waals surface area contributed by atoms with E-state index in [9.17, 15) is 35.4 Å². The number of allylic oxidation sites excluding steroid dienone is 2. The number of ether oxygens (including phenoxy) is 4. The van der Waals surface area contributed by atoms with Crippen LogP contribution < -0.4 is 5.32 Å². The lowest BCUT2D eigenvalue weighted by Gasteiger charge is -2.60. The van der Waals surface area contributed by atoms with E-state index in [2.05, 4.69) is 26.1 Å². The van der Waals surface area contributed by atoms with E-state index in [4.69, 9.17) is 18.9 Å². The minimum Gasteiger partial charge on any atom is -0.393 e. The van der Waals surface area contributed by atoms with Gasteiger partial charge in [0.25, 0.3) is 0 Å². The predicted molar refractivity (Wildman–Crippen MR) is 189 cm³/mol. The minimum atomic E-state index is -1.34. The summed E-state index contributed by atoms with van der Waals surface area (Å²) in [5.74, 6) is -0.104. The van der Waals surface area contributed by atoms with E-state index in [1.165, 1.54) is 25.2 Å². The van der Waals surface area contributed by atoms with Crippen molar-refractivity contribution in [3.05, 3.63) is 11.1 Å². The van der Waals surface area contributed by atoms with Gasteiger partial charge in [0.2, 0.25) is 5.91 Å². The second-order valence-corrected chi connectivity index (χ2v) is 18.5. The molecule has 3 saturated carbocycles. The molecule has 5 fully saturated rings. The van der Waals surface area contributed by atoms with Gasteiger partial charge in [0.05, 0.1) is 48.3 Å². The van der Waals surface area contributed by atoms with Crippen molar-refractivity contribution < 1.29 is 54.4 Å². The van der Waals surface area contributed by atoms with Gasteiger partial charge in [-0.1, -0.05) is 31.9 Å². The van der Waals surface area contributed by atoms with Crippen molar-refractivity contribution in [2.45, 2.75) is 192 Å². The van der Waals surface area contributed by atoms with Crippen molar-refractivity contribution in [3.63, 3.8) is 0 Å². The molecule has 5 aliphatic rings. The maximum absolute atomic E-state index is 12.1. The number of rotatable bonds is 10. The molecule has 7 N–H and O–H groups in total. The Kier molecular flexibility index (Phi) is 11.9. The summed E-state index contributed by atoms with van der Waals surface area (Å²) in [7, 11) is 1.48. The number of hydrogen-bond acceptors (Lipinski definition) is 11. The highest BCUT2D eigenvalue weighted by Gasteiger charge is 2.64. The van der Waals surface area contributed by atoms with Crippen molar-refractivity contribution in [1.82, 2.24) is 5.32 Å². The lowest BCUT2D eigenvalue weighted by molar-refractivity contribution is -0.324. The number of carbonyl (C=O) groups excluding carboxylic acids is 1. The van der Waals surface area contributed by atoms with E-state index in [0.717, 1.165) is 32.1 Å². The number of aliphatic hydroxyl groups excluding tert-OH is 5. The fourth-order valence-electron chi connectivity index (χ4n) is 10.7. The molecule has 14 atom stereocenters. The molecule has 1 amide bonds. The molecular formula is C39H67NO11. The van der Waals surface area contributed by atoms with Gasteiger partial charge in [0, 0.05) is 19.4 Å². The van der Waals surface area contributed by atoms with E-state index in [0.29, 0.717) is 38.0 Å². The van der Waals surface area contributed by atoms with Crippen LogP contribution in [-0.4, -0.2) is 123 Å². The number of methoxy groups -OCH3 is 1. The fourth-order valence-corrected chi connectivity index (χ4v) is 10.7. The first kappa shape index (κ1) is 41.0. The molecule has 14 unspecified atom stereocenters. The molecule has 0 aromatic carbocycles. The van der Waals surface area contributed by atoms with Crippen LogP contribution in [0.5, 0.6) is 0 Å². The molecule has 0 bridgehead atoms. The van der Waals surface area contributed by atoms with Crippen LogP contribution in [0.1, 0.15) is 120 Å². The highest BCUT2D eigenvalue weighted by atomic mass is 16.7. The smallest absolute Gasteiger partial charge is 0.217 e. The van der Waals surface area contributed by atoms with Crippen LogP contribution in [0.2, 0.25) is 0 Å². The minimum absolute atomic E-state index is 0.0289. The average molecular weight is 726 g/mol. The molecule has 5 rings (SSSR count). The summed E-state index contributed by atoms with van der Waals surface area (Å²) < 4.78 is 24.7. The van der Waals surface area contributed by atoms with Gasteiger partial charge < -0.3 is 54.9 Å². The normalized spacial score (nSPS) is 45.5. The molecule has 3 aliphatic carbocycles. The standard InChI is InChI=1S/C39H67NO11/c1-21(41)40-30-32(46)31(45)25(20-48-9)49-34(30)51-36(4,5)29-15-17-38(7)26-12-11-23(39(26,8)19-24(42)33(38)50-29)22-10-13-28(44)37(6,18-22)16-14-27(43)35(2,3)47/h24-34,42-47H,10-20H2,1-9H3,(H,40,41)/b23-22+. The number of carbonyl (C=O) groups is 1. The third-order valence-corrected chi connectivity index (χ3v) is 13.8. The van der Waals surface area contributed by atoms with E-state index in [1.807, 2.05) is 13.8 Å². The third kappa shape index (κ3) is 7.84. The number of hydrogen-bond donors (Lipinski definition) is 7. The largest absolute Gasteiger partial charge is 0.393 e. The number of amides is 1. The van der Waals surface area contributed by atoms with Gasteiger partial charge in [0.15, 0.2) is 6.29 Å². The van der Waals surface area contributed by atoms with Crippen molar-refractivity contribution in [2.24, 2.45) is 22.2 Å². The molecule has 2 aliphatic heterocycles. The van der Waals surface area contributed by atoms with E-state index in [1.54, 1.807) is 13.8 Å². The molecule has 2 heterocycles. The summed E-state index contributed by atoms with van der Waals surface area (Å²) in [6.07, 6.45) is -0.243. The van der Waals surface area contributed by atoms with Crippen LogP contribution >= 0.6 is 0 Å². The summed E-state index contributed by atoms with van der Waals surface area (Å²) in [5, 5.41) is 68.3. The van der Waals surface area contributed by atoms with Crippen LogP contribution in [0.15, 0.2) is 11.1 Å². The zero-order chi connectivity index (χ0) is 37.9. The fraction of sp³-hybridized carbons (Fsp3) is 0.923.